The van der Waals surface area contributed by atoms with Crippen molar-refractivity contribution in [3.63, 3.8) is 0 Å². The van der Waals surface area contributed by atoms with Gasteiger partial charge in [-0.2, -0.15) is 0 Å². The zero-order chi connectivity index (χ0) is 22.4. The summed E-state index contributed by atoms with van der Waals surface area (Å²) < 4.78 is 0. The second-order valence-electron chi connectivity index (χ2n) is 7.73. The van der Waals surface area contributed by atoms with Gasteiger partial charge in [0.25, 0.3) is 17.5 Å². The third-order valence-electron chi connectivity index (χ3n) is 4.04. The molecule has 0 fully saturated rings. The van der Waals surface area contributed by atoms with Gasteiger partial charge in [0.05, 0.1) is 11.5 Å². The van der Waals surface area contributed by atoms with Gasteiger partial charge in [-0.1, -0.05) is 39.3 Å². The number of thiazole rings is 1. The molecule has 0 radical (unpaired) electrons. The number of hydrogen-bond acceptors (Lipinski definition) is 6. The van der Waals surface area contributed by atoms with Crippen LogP contribution in [0.1, 0.15) is 53.5 Å². The van der Waals surface area contributed by atoms with Gasteiger partial charge in [0, 0.05) is 30.1 Å². The van der Waals surface area contributed by atoms with Crippen molar-refractivity contribution in [3.8, 4) is 0 Å². The molecule has 30 heavy (non-hydrogen) atoms. The number of nitro benzene ring substituents is 1. The average molecular weight is 453 g/mol. The lowest BCUT2D eigenvalue weighted by Crippen LogP contribution is -2.34. The van der Waals surface area contributed by atoms with Gasteiger partial charge in [0.15, 0.2) is 0 Å². The van der Waals surface area contributed by atoms with Gasteiger partial charge < -0.3 is 10.2 Å². The predicted molar refractivity (Wildman–Crippen MR) is 117 cm³/mol. The maximum absolute atomic E-state index is 13.0. The zero-order valence-electron chi connectivity index (χ0n) is 17.3. The first kappa shape index (κ1) is 23.8. The molecule has 162 valence electrons. The Labute approximate surface area is 184 Å². The molecule has 10 heteroatoms. The lowest BCUT2D eigenvalue weighted by atomic mass is 10.1. The molecule has 1 heterocycles. The third-order valence-corrected chi connectivity index (χ3v) is 5.20. The highest BCUT2D eigenvalue weighted by Gasteiger charge is 2.23. The maximum atomic E-state index is 13.0. The Morgan fingerprint density at radius 1 is 1.27 bits per heavy atom. The number of carbonyl (C=O) groups is 2. The topological polar surface area (TPSA) is 105 Å². The van der Waals surface area contributed by atoms with Gasteiger partial charge in [-0.15, -0.1) is 11.3 Å². The Morgan fingerprint density at radius 2 is 1.97 bits per heavy atom. The average Bonchev–Trinajstić information content (AvgIpc) is 3.13. The molecule has 0 aliphatic rings. The van der Waals surface area contributed by atoms with Crippen LogP contribution in [0, 0.1) is 22.0 Å². The van der Waals surface area contributed by atoms with Crippen LogP contribution in [0.2, 0.25) is 5.02 Å². The van der Waals surface area contributed by atoms with Gasteiger partial charge in [-0.05, 0) is 24.0 Å². The Kier molecular flexibility index (Phi) is 8.31. The fourth-order valence-electron chi connectivity index (χ4n) is 2.67. The lowest BCUT2D eigenvalue weighted by molar-refractivity contribution is -0.384. The molecule has 2 aromatic rings. The summed E-state index contributed by atoms with van der Waals surface area (Å²) in [6.07, 6.45) is 0. The molecule has 0 atom stereocenters. The molecule has 0 unspecified atom stereocenters. The summed E-state index contributed by atoms with van der Waals surface area (Å²) in [7, 11) is 0. The third kappa shape index (κ3) is 6.50. The molecule has 1 aromatic heterocycles. The molecular weight excluding hydrogens is 428 g/mol. The minimum absolute atomic E-state index is 0.0241. The monoisotopic (exact) mass is 452 g/mol. The summed E-state index contributed by atoms with van der Waals surface area (Å²) in [6.45, 7) is 9.14. The smallest absolute Gasteiger partial charge is 0.288 e. The van der Waals surface area contributed by atoms with Crippen molar-refractivity contribution in [1.82, 2.24) is 15.2 Å². The van der Waals surface area contributed by atoms with Gasteiger partial charge in [-0.25, -0.2) is 4.98 Å². The largest absolute Gasteiger partial charge is 0.350 e. The van der Waals surface area contributed by atoms with E-state index in [0.717, 1.165) is 0 Å². The number of nitrogens with one attached hydrogen (secondary N) is 1. The van der Waals surface area contributed by atoms with Crippen LogP contribution in [0.4, 0.5) is 5.69 Å². The Balaban J connectivity index is 2.21. The van der Waals surface area contributed by atoms with Crippen LogP contribution in [0.15, 0.2) is 23.6 Å². The number of amides is 2. The molecule has 2 rings (SSSR count). The van der Waals surface area contributed by atoms with E-state index in [1.807, 2.05) is 27.7 Å². The number of nitrogens with zero attached hydrogens (tertiary/aromatic N) is 3. The second kappa shape index (κ2) is 10.5. The van der Waals surface area contributed by atoms with Crippen molar-refractivity contribution < 1.29 is 14.5 Å². The molecule has 0 aliphatic carbocycles. The number of benzene rings is 1. The Bertz CT molecular complexity index is 929. The van der Waals surface area contributed by atoms with Crippen molar-refractivity contribution in [2.75, 3.05) is 13.1 Å². The molecule has 0 aliphatic heterocycles. The van der Waals surface area contributed by atoms with Gasteiger partial charge >= 0.3 is 0 Å². The Hall–Kier alpha value is -2.52. The quantitative estimate of drug-likeness (QED) is 0.448. The van der Waals surface area contributed by atoms with Crippen LogP contribution in [-0.4, -0.2) is 39.7 Å². The summed E-state index contributed by atoms with van der Waals surface area (Å²) >= 11 is 7.15. The van der Waals surface area contributed by atoms with Crippen molar-refractivity contribution in [2.24, 2.45) is 11.8 Å². The first-order valence-electron chi connectivity index (χ1n) is 9.54. The molecule has 0 saturated carbocycles. The van der Waals surface area contributed by atoms with E-state index in [0.29, 0.717) is 29.7 Å². The normalized spacial score (nSPS) is 11.0. The molecular formula is C20H25ClN4O4S. The van der Waals surface area contributed by atoms with E-state index in [4.69, 9.17) is 11.6 Å². The van der Waals surface area contributed by atoms with Crippen molar-refractivity contribution in [1.29, 1.82) is 0 Å². The minimum atomic E-state index is -0.616. The lowest BCUT2D eigenvalue weighted by Gasteiger charge is -2.23. The van der Waals surface area contributed by atoms with Crippen LogP contribution in [0.25, 0.3) is 0 Å². The molecule has 0 bridgehead atoms. The number of nitro groups is 1. The Morgan fingerprint density at radius 3 is 2.57 bits per heavy atom. The van der Waals surface area contributed by atoms with E-state index in [-0.39, 0.29) is 40.6 Å². The van der Waals surface area contributed by atoms with E-state index < -0.39 is 4.92 Å². The number of aromatic nitrogens is 1. The van der Waals surface area contributed by atoms with Gasteiger partial charge in [0.1, 0.15) is 15.7 Å². The summed E-state index contributed by atoms with van der Waals surface area (Å²) in [5.74, 6) is -0.106. The van der Waals surface area contributed by atoms with Gasteiger partial charge in [-0.3, -0.25) is 19.7 Å². The van der Waals surface area contributed by atoms with Crippen LogP contribution < -0.4 is 5.32 Å². The van der Waals surface area contributed by atoms with Crippen LogP contribution >= 0.6 is 22.9 Å². The molecule has 2 amide bonds. The van der Waals surface area contributed by atoms with E-state index in [9.17, 15) is 19.7 Å². The molecule has 1 N–H and O–H groups in total. The minimum Gasteiger partial charge on any atom is -0.350 e. The first-order chi connectivity index (χ1) is 14.1. The second-order valence-corrected chi connectivity index (χ2v) is 9.08. The highest BCUT2D eigenvalue weighted by molar-refractivity contribution is 7.09. The van der Waals surface area contributed by atoms with Crippen molar-refractivity contribution in [2.45, 2.75) is 34.2 Å². The highest BCUT2D eigenvalue weighted by Crippen LogP contribution is 2.26. The number of halogens is 1. The van der Waals surface area contributed by atoms with Crippen LogP contribution in [0.3, 0.4) is 0 Å². The summed E-state index contributed by atoms with van der Waals surface area (Å²) in [5.41, 5.74) is 0.179. The molecule has 0 spiro atoms. The molecule has 0 saturated heterocycles. The van der Waals surface area contributed by atoms with E-state index in [2.05, 4.69) is 10.3 Å². The van der Waals surface area contributed by atoms with Crippen molar-refractivity contribution >= 4 is 40.4 Å². The summed E-state index contributed by atoms with van der Waals surface area (Å²) in [5, 5.41) is 16.2. The highest BCUT2D eigenvalue weighted by atomic mass is 35.5. The SMILES string of the molecule is CC(C)CNC(=O)c1csc(CN(CC(C)C)C(=O)c2ccc(Cl)c([N+](=O)[O-])c2)n1. The first-order valence-corrected chi connectivity index (χ1v) is 10.8. The summed E-state index contributed by atoms with van der Waals surface area (Å²) in [4.78, 5) is 41.7. The standard InChI is InChI=1S/C20H25ClN4O4S/c1-12(2)8-22-19(26)16-11-30-18(23-16)10-24(9-13(3)4)20(27)14-5-6-15(21)17(7-14)25(28)29/h5-7,11-13H,8-10H2,1-4H3,(H,22,26). The molecule has 1 aromatic carbocycles. The van der Waals surface area contributed by atoms with Crippen LogP contribution in [-0.2, 0) is 6.54 Å². The van der Waals surface area contributed by atoms with E-state index in [1.54, 1.807) is 10.3 Å². The predicted octanol–water partition coefficient (Wildman–Crippen LogP) is 4.39. The van der Waals surface area contributed by atoms with E-state index >= 15 is 0 Å². The number of hydrogen-bond donors (Lipinski definition) is 1. The number of rotatable bonds is 9. The van der Waals surface area contributed by atoms with E-state index in [1.165, 1.54) is 29.5 Å². The maximum Gasteiger partial charge on any atom is 0.288 e. The summed E-state index contributed by atoms with van der Waals surface area (Å²) in [6, 6.07) is 4.00. The fourth-order valence-corrected chi connectivity index (χ4v) is 3.64. The van der Waals surface area contributed by atoms with Crippen LogP contribution in [0.5, 0.6) is 0 Å². The molecule has 8 nitrogen and oxygen atoms in total. The number of carbonyl (C=O) groups excluding carboxylic acids is 2. The fraction of sp³-hybridized carbons (Fsp3) is 0.450. The van der Waals surface area contributed by atoms with Gasteiger partial charge in [0.2, 0.25) is 0 Å². The zero-order valence-corrected chi connectivity index (χ0v) is 18.9. The van der Waals surface area contributed by atoms with Crippen molar-refractivity contribution in [3.05, 3.63) is 55.0 Å².